The number of hydrogen-bond acceptors (Lipinski definition) is 5. The van der Waals surface area contributed by atoms with Crippen LogP contribution >= 0.6 is 11.3 Å². The van der Waals surface area contributed by atoms with Crippen LogP contribution in [0.3, 0.4) is 0 Å². The summed E-state index contributed by atoms with van der Waals surface area (Å²) >= 11 is 1.55. The van der Waals surface area contributed by atoms with Crippen LogP contribution in [0.5, 0.6) is 0 Å². The molecule has 0 unspecified atom stereocenters. The summed E-state index contributed by atoms with van der Waals surface area (Å²) in [6.45, 7) is 3.08. The van der Waals surface area contributed by atoms with E-state index in [0.717, 1.165) is 36.5 Å². The van der Waals surface area contributed by atoms with E-state index in [1.807, 2.05) is 47.8 Å². The Kier molecular flexibility index (Phi) is 5.25. The lowest BCUT2D eigenvalue weighted by molar-refractivity contribution is -0.138. The van der Waals surface area contributed by atoms with Crippen molar-refractivity contribution >= 4 is 23.2 Å². The molecule has 0 aliphatic carbocycles. The number of hydrogen-bond donors (Lipinski definition) is 0. The molecule has 0 spiro atoms. The van der Waals surface area contributed by atoms with Gasteiger partial charge in [0.05, 0.1) is 10.6 Å². The number of ether oxygens (including phenoxy) is 1. The highest BCUT2D eigenvalue weighted by atomic mass is 32.1. The number of carbonyl (C=O) groups excluding carboxylic acids is 2. The first-order chi connectivity index (χ1) is 13.6. The zero-order valence-electron chi connectivity index (χ0n) is 15.6. The molecule has 1 saturated heterocycles. The van der Waals surface area contributed by atoms with Gasteiger partial charge in [0.1, 0.15) is 5.69 Å². The lowest BCUT2D eigenvalue weighted by Crippen LogP contribution is -2.38. The van der Waals surface area contributed by atoms with Crippen LogP contribution in [0.1, 0.15) is 30.3 Å². The molecule has 7 heteroatoms. The number of rotatable bonds is 5. The van der Waals surface area contributed by atoms with E-state index in [2.05, 4.69) is 5.10 Å². The van der Waals surface area contributed by atoms with Gasteiger partial charge in [-0.05, 0) is 43.3 Å². The fourth-order valence-electron chi connectivity index (χ4n) is 3.30. The van der Waals surface area contributed by atoms with Gasteiger partial charge in [0.15, 0.2) is 11.8 Å². The second-order valence-corrected chi connectivity index (χ2v) is 7.67. The third-order valence-corrected chi connectivity index (χ3v) is 5.63. The summed E-state index contributed by atoms with van der Waals surface area (Å²) in [5, 5.41) is 6.57. The molecule has 1 aliphatic heterocycles. The average molecular weight is 395 g/mol. The van der Waals surface area contributed by atoms with Gasteiger partial charge < -0.3 is 9.64 Å². The highest BCUT2D eigenvalue weighted by molar-refractivity contribution is 7.13. The van der Waals surface area contributed by atoms with Crippen molar-refractivity contribution in [1.29, 1.82) is 0 Å². The predicted molar refractivity (Wildman–Crippen MR) is 108 cm³/mol. The number of thiophene rings is 1. The van der Waals surface area contributed by atoms with Gasteiger partial charge in [-0.2, -0.15) is 5.10 Å². The highest BCUT2D eigenvalue weighted by Crippen LogP contribution is 2.26. The summed E-state index contributed by atoms with van der Waals surface area (Å²) in [5.74, 6) is -0.700. The van der Waals surface area contributed by atoms with E-state index in [-0.39, 0.29) is 5.91 Å². The van der Waals surface area contributed by atoms with E-state index >= 15 is 0 Å². The molecule has 1 atom stereocenters. The molecule has 0 bridgehead atoms. The molecule has 28 heavy (non-hydrogen) atoms. The van der Waals surface area contributed by atoms with E-state index in [1.54, 1.807) is 33.9 Å². The van der Waals surface area contributed by atoms with E-state index in [9.17, 15) is 9.59 Å². The summed E-state index contributed by atoms with van der Waals surface area (Å²) in [4.78, 5) is 28.1. The van der Waals surface area contributed by atoms with Gasteiger partial charge in [-0.3, -0.25) is 4.79 Å². The molecule has 0 saturated carbocycles. The third kappa shape index (κ3) is 3.71. The Bertz CT molecular complexity index is 960. The van der Waals surface area contributed by atoms with Crippen molar-refractivity contribution in [3.8, 4) is 16.3 Å². The monoisotopic (exact) mass is 395 g/mol. The maximum Gasteiger partial charge on any atom is 0.357 e. The van der Waals surface area contributed by atoms with Gasteiger partial charge in [0.25, 0.3) is 5.91 Å². The maximum absolute atomic E-state index is 12.9. The second kappa shape index (κ2) is 7.98. The number of esters is 1. The standard InChI is InChI=1S/C21H21N3O3S/c1-15(20(25)23-11-5-6-12-23)27-21(26)18-14-17(19-10-7-13-28-19)22-24(18)16-8-3-2-4-9-16/h2-4,7-10,13-15H,5-6,11-12H2,1H3/t15-/m1/s1. The van der Waals surface area contributed by atoms with Crippen molar-refractivity contribution in [3.05, 3.63) is 59.6 Å². The van der Waals surface area contributed by atoms with Crippen LogP contribution in [0, 0.1) is 0 Å². The lowest BCUT2D eigenvalue weighted by Gasteiger charge is -2.20. The molecule has 0 N–H and O–H groups in total. The molecule has 1 aliphatic rings. The Morgan fingerprint density at radius 3 is 2.54 bits per heavy atom. The van der Waals surface area contributed by atoms with Gasteiger partial charge in [0, 0.05) is 19.2 Å². The minimum Gasteiger partial charge on any atom is -0.448 e. The summed E-state index contributed by atoms with van der Waals surface area (Å²) < 4.78 is 7.09. The minimum atomic E-state index is -0.824. The molecule has 144 valence electrons. The van der Waals surface area contributed by atoms with Gasteiger partial charge in [-0.15, -0.1) is 11.3 Å². The Balaban J connectivity index is 1.62. The Hall–Kier alpha value is -2.93. The summed E-state index contributed by atoms with van der Waals surface area (Å²) in [6.07, 6.45) is 1.17. The fourth-order valence-corrected chi connectivity index (χ4v) is 3.98. The molecule has 4 rings (SSSR count). The zero-order valence-corrected chi connectivity index (χ0v) is 16.4. The molecular formula is C21H21N3O3S. The highest BCUT2D eigenvalue weighted by Gasteiger charge is 2.28. The molecule has 6 nitrogen and oxygen atoms in total. The van der Waals surface area contributed by atoms with Gasteiger partial charge in [0.2, 0.25) is 0 Å². The molecule has 1 aromatic carbocycles. The molecule has 0 radical (unpaired) electrons. The Morgan fingerprint density at radius 2 is 1.86 bits per heavy atom. The lowest BCUT2D eigenvalue weighted by atomic mass is 10.3. The number of benzene rings is 1. The van der Waals surface area contributed by atoms with E-state index in [4.69, 9.17) is 4.74 Å². The van der Waals surface area contributed by atoms with Crippen LogP contribution in [0.15, 0.2) is 53.9 Å². The summed E-state index contributed by atoms with van der Waals surface area (Å²) in [7, 11) is 0. The third-order valence-electron chi connectivity index (χ3n) is 4.74. The molecule has 2 aromatic heterocycles. The van der Waals surface area contributed by atoms with Crippen molar-refractivity contribution in [2.24, 2.45) is 0 Å². The zero-order chi connectivity index (χ0) is 19.5. The molecular weight excluding hydrogens is 374 g/mol. The van der Waals surface area contributed by atoms with Crippen LogP contribution in [-0.2, 0) is 9.53 Å². The number of para-hydroxylation sites is 1. The first-order valence-electron chi connectivity index (χ1n) is 9.32. The Labute approximate surface area is 167 Å². The normalized spacial score (nSPS) is 14.8. The predicted octanol–water partition coefficient (Wildman–Crippen LogP) is 3.77. The second-order valence-electron chi connectivity index (χ2n) is 6.72. The number of nitrogens with zero attached hydrogens (tertiary/aromatic N) is 3. The molecule has 1 amide bonds. The fraction of sp³-hybridized carbons (Fsp3) is 0.286. The van der Waals surface area contributed by atoms with Crippen LogP contribution in [0.2, 0.25) is 0 Å². The van der Waals surface area contributed by atoms with Crippen molar-refractivity contribution in [2.75, 3.05) is 13.1 Å². The SMILES string of the molecule is C[C@@H](OC(=O)c1cc(-c2cccs2)nn1-c1ccccc1)C(=O)N1CCCC1. The average Bonchev–Trinajstić information content (AvgIpc) is 3.49. The quantitative estimate of drug-likeness (QED) is 0.617. The van der Waals surface area contributed by atoms with Gasteiger partial charge >= 0.3 is 5.97 Å². The Morgan fingerprint density at radius 1 is 1.11 bits per heavy atom. The van der Waals surface area contributed by atoms with Gasteiger partial charge in [-0.25, -0.2) is 9.48 Å². The van der Waals surface area contributed by atoms with Crippen molar-refractivity contribution < 1.29 is 14.3 Å². The van der Waals surface area contributed by atoms with Crippen molar-refractivity contribution in [3.63, 3.8) is 0 Å². The first-order valence-corrected chi connectivity index (χ1v) is 10.2. The molecule has 1 fully saturated rings. The number of likely N-dealkylation sites (tertiary alicyclic amines) is 1. The number of aromatic nitrogens is 2. The van der Waals surface area contributed by atoms with E-state index in [1.165, 1.54) is 0 Å². The summed E-state index contributed by atoms with van der Waals surface area (Å²) in [6, 6.07) is 15.0. The maximum atomic E-state index is 12.9. The summed E-state index contributed by atoms with van der Waals surface area (Å²) in [5.41, 5.74) is 1.76. The van der Waals surface area contributed by atoms with Crippen LogP contribution in [-0.4, -0.2) is 45.8 Å². The van der Waals surface area contributed by atoms with Crippen molar-refractivity contribution in [1.82, 2.24) is 14.7 Å². The van der Waals surface area contributed by atoms with Crippen molar-refractivity contribution in [2.45, 2.75) is 25.9 Å². The topological polar surface area (TPSA) is 64.4 Å². The first kappa shape index (κ1) is 18.4. The van der Waals surface area contributed by atoms with Crippen LogP contribution < -0.4 is 0 Å². The molecule has 3 heterocycles. The molecule has 3 aromatic rings. The van der Waals surface area contributed by atoms with Crippen LogP contribution in [0.25, 0.3) is 16.3 Å². The smallest absolute Gasteiger partial charge is 0.357 e. The van der Waals surface area contributed by atoms with Crippen LogP contribution in [0.4, 0.5) is 0 Å². The van der Waals surface area contributed by atoms with Gasteiger partial charge in [-0.1, -0.05) is 24.3 Å². The minimum absolute atomic E-state index is 0.143. The van der Waals surface area contributed by atoms with E-state index < -0.39 is 12.1 Å². The number of amides is 1. The van der Waals surface area contributed by atoms with E-state index in [0.29, 0.717) is 11.4 Å². The largest absolute Gasteiger partial charge is 0.448 e. The number of carbonyl (C=O) groups is 2.